The van der Waals surface area contributed by atoms with Gasteiger partial charge in [-0.05, 0) is 63.5 Å². The van der Waals surface area contributed by atoms with Gasteiger partial charge in [0.15, 0.2) is 11.0 Å². The Hall–Kier alpha value is -2.76. The molecule has 0 fully saturated rings. The third-order valence-electron chi connectivity index (χ3n) is 4.66. The molecule has 2 aromatic carbocycles. The van der Waals surface area contributed by atoms with Crippen LogP contribution in [0.2, 0.25) is 5.02 Å². The van der Waals surface area contributed by atoms with E-state index in [0.717, 1.165) is 11.8 Å². The average Bonchev–Trinajstić information content (AvgIpc) is 3.17. The summed E-state index contributed by atoms with van der Waals surface area (Å²) >= 11 is 7.07. The van der Waals surface area contributed by atoms with Crippen molar-refractivity contribution in [3.8, 4) is 11.4 Å². The van der Waals surface area contributed by atoms with Crippen molar-refractivity contribution in [3.05, 3.63) is 59.1 Å². The first-order valence-corrected chi connectivity index (χ1v) is 11.1. The second-order valence-corrected chi connectivity index (χ2v) is 8.50. The quantitative estimate of drug-likeness (QED) is 0.417. The van der Waals surface area contributed by atoms with Crippen molar-refractivity contribution >= 4 is 35.0 Å². The minimum absolute atomic E-state index is 0.0113. The van der Waals surface area contributed by atoms with Crippen LogP contribution in [-0.4, -0.2) is 52.0 Å². The molecule has 0 spiro atoms. The summed E-state index contributed by atoms with van der Waals surface area (Å²) in [4.78, 5) is 14.4. The molecule has 0 saturated carbocycles. The van der Waals surface area contributed by atoms with Crippen LogP contribution in [0.1, 0.15) is 18.8 Å². The van der Waals surface area contributed by atoms with Crippen LogP contribution in [0, 0.1) is 5.82 Å². The first-order chi connectivity index (χ1) is 15.7. The largest absolute Gasteiger partial charge is 0.433 e. The maximum Gasteiger partial charge on any atom is 0.387 e. The van der Waals surface area contributed by atoms with Crippen molar-refractivity contribution in [1.29, 1.82) is 0 Å². The van der Waals surface area contributed by atoms with Gasteiger partial charge in [0, 0.05) is 11.4 Å². The highest BCUT2D eigenvalue weighted by Crippen LogP contribution is 2.30. The standard InChI is InChI=1S/C21H21ClF3N5O2S/c1-12(29(2)3)19-27-28-21(30(19)15-7-4-13(23)5-8-15)33-11-18(31)26-14-6-9-17(16(22)10-14)32-20(24)25/h4-10,12,20H,11H2,1-3H3,(H,26,31). The first-order valence-electron chi connectivity index (χ1n) is 9.70. The van der Waals surface area contributed by atoms with Crippen molar-refractivity contribution < 1.29 is 22.7 Å². The molecule has 1 aromatic heterocycles. The van der Waals surface area contributed by atoms with Crippen molar-refractivity contribution in [2.75, 3.05) is 25.2 Å². The fourth-order valence-electron chi connectivity index (χ4n) is 2.81. The molecule has 1 heterocycles. The summed E-state index contributed by atoms with van der Waals surface area (Å²) in [5, 5.41) is 11.5. The number of ether oxygens (including phenoxy) is 1. The number of hydrogen-bond acceptors (Lipinski definition) is 6. The molecule has 0 radical (unpaired) electrons. The number of amides is 1. The number of rotatable bonds is 9. The average molecular weight is 500 g/mol. The van der Waals surface area contributed by atoms with Gasteiger partial charge in [0.05, 0.1) is 16.8 Å². The maximum atomic E-state index is 13.4. The molecule has 1 atom stereocenters. The highest BCUT2D eigenvalue weighted by Gasteiger charge is 2.21. The monoisotopic (exact) mass is 499 g/mol. The number of carbonyl (C=O) groups is 1. The molecule has 176 valence electrons. The van der Waals surface area contributed by atoms with Crippen LogP contribution in [0.4, 0.5) is 18.9 Å². The van der Waals surface area contributed by atoms with Gasteiger partial charge in [-0.25, -0.2) is 4.39 Å². The smallest absolute Gasteiger partial charge is 0.387 e. The normalized spacial score (nSPS) is 12.3. The molecule has 7 nitrogen and oxygen atoms in total. The van der Waals surface area contributed by atoms with Crippen LogP contribution in [-0.2, 0) is 4.79 Å². The van der Waals surface area contributed by atoms with Crippen molar-refractivity contribution in [1.82, 2.24) is 19.7 Å². The van der Waals surface area contributed by atoms with E-state index in [1.165, 1.54) is 30.3 Å². The number of halogens is 4. The van der Waals surface area contributed by atoms with Crippen LogP contribution in [0.15, 0.2) is 47.6 Å². The fraction of sp³-hybridized carbons (Fsp3) is 0.286. The fourth-order valence-corrected chi connectivity index (χ4v) is 3.79. The van der Waals surface area contributed by atoms with Crippen LogP contribution in [0.3, 0.4) is 0 Å². The van der Waals surface area contributed by atoms with E-state index in [1.54, 1.807) is 16.7 Å². The lowest BCUT2D eigenvalue weighted by Crippen LogP contribution is -2.21. The lowest BCUT2D eigenvalue weighted by atomic mass is 10.2. The van der Waals surface area contributed by atoms with E-state index in [2.05, 4.69) is 20.3 Å². The Bertz CT molecular complexity index is 1110. The third-order valence-corrected chi connectivity index (χ3v) is 5.88. The van der Waals surface area contributed by atoms with Gasteiger partial charge >= 0.3 is 6.61 Å². The molecule has 1 amide bonds. The maximum absolute atomic E-state index is 13.4. The minimum Gasteiger partial charge on any atom is -0.433 e. The van der Waals surface area contributed by atoms with Crippen LogP contribution >= 0.6 is 23.4 Å². The van der Waals surface area contributed by atoms with Gasteiger partial charge in [0.1, 0.15) is 11.6 Å². The molecule has 0 aliphatic rings. The summed E-state index contributed by atoms with van der Waals surface area (Å²) < 4.78 is 44.2. The minimum atomic E-state index is -3.00. The highest BCUT2D eigenvalue weighted by molar-refractivity contribution is 7.99. The van der Waals surface area contributed by atoms with E-state index in [1.807, 2.05) is 25.9 Å². The number of aromatic nitrogens is 3. The number of benzene rings is 2. The second kappa shape index (κ2) is 10.9. The van der Waals surface area contributed by atoms with Gasteiger partial charge < -0.3 is 10.1 Å². The van der Waals surface area contributed by atoms with Crippen molar-refractivity contribution in [2.45, 2.75) is 24.7 Å². The summed E-state index contributed by atoms with van der Waals surface area (Å²) in [6, 6.07) is 9.78. The van der Waals surface area contributed by atoms with Crippen molar-refractivity contribution in [2.24, 2.45) is 0 Å². The Balaban J connectivity index is 1.75. The van der Waals surface area contributed by atoms with Gasteiger partial charge in [-0.3, -0.25) is 14.3 Å². The zero-order valence-corrected chi connectivity index (χ0v) is 19.5. The lowest BCUT2D eigenvalue weighted by Gasteiger charge is -2.20. The Morgan fingerprint density at radius 1 is 1.21 bits per heavy atom. The van der Waals surface area contributed by atoms with E-state index in [-0.39, 0.29) is 34.3 Å². The number of carbonyl (C=O) groups excluding carboxylic acids is 1. The molecule has 3 rings (SSSR count). The Morgan fingerprint density at radius 2 is 1.91 bits per heavy atom. The summed E-state index contributed by atoms with van der Waals surface area (Å²) in [6.07, 6.45) is 0. The topological polar surface area (TPSA) is 72.3 Å². The summed E-state index contributed by atoms with van der Waals surface area (Å²) in [5.41, 5.74) is 0.989. The van der Waals surface area contributed by atoms with Crippen LogP contribution in [0.5, 0.6) is 5.75 Å². The molecule has 0 bridgehead atoms. The van der Waals surface area contributed by atoms with Gasteiger partial charge in [0.2, 0.25) is 5.91 Å². The molecular weight excluding hydrogens is 479 g/mol. The molecule has 0 aliphatic heterocycles. The summed E-state index contributed by atoms with van der Waals surface area (Å²) in [6.45, 7) is -1.05. The summed E-state index contributed by atoms with van der Waals surface area (Å²) in [5.74, 6) is -0.298. The predicted octanol–water partition coefficient (Wildman–Crippen LogP) is 5.01. The molecule has 1 unspecified atom stereocenters. The molecule has 0 saturated heterocycles. The van der Waals surface area contributed by atoms with E-state index in [0.29, 0.717) is 22.4 Å². The number of alkyl halides is 2. The molecule has 3 aromatic rings. The summed E-state index contributed by atoms with van der Waals surface area (Å²) in [7, 11) is 3.80. The van der Waals surface area contributed by atoms with Gasteiger partial charge in [-0.15, -0.1) is 10.2 Å². The highest BCUT2D eigenvalue weighted by atomic mass is 35.5. The molecule has 12 heteroatoms. The van der Waals surface area contributed by atoms with E-state index in [4.69, 9.17) is 11.6 Å². The number of nitrogens with one attached hydrogen (secondary N) is 1. The number of anilines is 1. The second-order valence-electron chi connectivity index (χ2n) is 7.15. The number of nitrogens with zero attached hydrogens (tertiary/aromatic N) is 4. The molecular formula is C21H21ClF3N5O2S. The zero-order chi connectivity index (χ0) is 24.1. The Morgan fingerprint density at radius 3 is 2.52 bits per heavy atom. The van der Waals surface area contributed by atoms with Crippen LogP contribution in [0.25, 0.3) is 5.69 Å². The van der Waals surface area contributed by atoms with E-state index >= 15 is 0 Å². The van der Waals surface area contributed by atoms with Gasteiger partial charge in [-0.1, -0.05) is 23.4 Å². The third kappa shape index (κ3) is 6.40. The van der Waals surface area contributed by atoms with E-state index in [9.17, 15) is 18.0 Å². The molecule has 1 N–H and O–H groups in total. The zero-order valence-electron chi connectivity index (χ0n) is 17.9. The Kier molecular flexibility index (Phi) is 8.22. The molecule has 0 aliphatic carbocycles. The Labute approximate surface area is 197 Å². The SMILES string of the molecule is CC(c1nnc(SCC(=O)Nc2ccc(OC(F)F)c(Cl)c2)n1-c1ccc(F)cc1)N(C)C. The van der Waals surface area contributed by atoms with Gasteiger partial charge in [-0.2, -0.15) is 8.78 Å². The lowest BCUT2D eigenvalue weighted by molar-refractivity contribution is -0.113. The first kappa shape index (κ1) is 24.9. The van der Waals surface area contributed by atoms with E-state index < -0.39 is 6.61 Å². The van der Waals surface area contributed by atoms with Gasteiger partial charge in [0.25, 0.3) is 0 Å². The number of thioether (sulfide) groups is 1. The van der Waals surface area contributed by atoms with Crippen molar-refractivity contribution in [3.63, 3.8) is 0 Å². The molecule has 33 heavy (non-hydrogen) atoms. The number of hydrogen-bond donors (Lipinski definition) is 1. The predicted molar refractivity (Wildman–Crippen MR) is 121 cm³/mol. The van der Waals surface area contributed by atoms with Crippen LogP contribution < -0.4 is 10.1 Å².